The second-order valence-electron chi connectivity index (χ2n) is 5.25. The Morgan fingerprint density at radius 1 is 1.26 bits per heavy atom. The first-order valence-electron chi connectivity index (χ1n) is 7.00. The lowest BCUT2D eigenvalue weighted by molar-refractivity contribution is 0.197. The number of ether oxygens (including phenoxy) is 1. The maximum absolute atomic E-state index is 13.4. The Kier molecular flexibility index (Phi) is 5.14. The van der Waals surface area contributed by atoms with Crippen LogP contribution in [0.15, 0.2) is 18.2 Å². The molecule has 0 heterocycles. The van der Waals surface area contributed by atoms with E-state index >= 15 is 0 Å². The lowest BCUT2D eigenvalue weighted by atomic mass is 9.95. The second kappa shape index (κ2) is 6.85. The Bertz CT molecular complexity index is 405. The highest BCUT2D eigenvalue weighted by molar-refractivity contribution is 5.24. The summed E-state index contributed by atoms with van der Waals surface area (Å²) < 4.78 is 31.7. The highest BCUT2D eigenvalue weighted by Gasteiger charge is 2.15. The number of rotatable bonds is 5. The lowest BCUT2D eigenvalue weighted by Gasteiger charge is -2.25. The third-order valence-corrected chi connectivity index (χ3v) is 3.52. The fourth-order valence-electron chi connectivity index (χ4n) is 2.47. The summed E-state index contributed by atoms with van der Waals surface area (Å²) in [7, 11) is 0. The van der Waals surface area contributed by atoms with Crippen LogP contribution in [0.2, 0.25) is 0 Å². The van der Waals surface area contributed by atoms with Gasteiger partial charge in [0, 0.05) is 18.7 Å². The third kappa shape index (κ3) is 4.46. The van der Waals surface area contributed by atoms with Crippen molar-refractivity contribution >= 4 is 0 Å². The molecular formula is C15H21F2NO. The standard InChI is InChI=1S/C15H21F2NO/c1-11(10-18-13-5-3-2-4-6-13)19-15-8-7-12(16)9-14(15)17/h7-9,11,13,18H,2-6,10H2,1H3. The van der Waals surface area contributed by atoms with E-state index in [-0.39, 0.29) is 11.9 Å². The zero-order valence-corrected chi connectivity index (χ0v) is 11.3. The fourth-order valence-corrected chi connectivity index (χ4v) is 2.47. The Balaban J connectivity index is 1.78. The molecule has 106 valence electrons. The van der Waals surface area contributed by atoms with Crippen molar-refractivity contribution < 1.29 is 13.5 Å². The van der Waals surface area contributed by atoms with Crippen molar-refractivity contribution in [3.63, 3.8) is 0 Å². The van der Waals surface area contributed by atoms with Crippen LogP contribution in [0.3, 0.4) is 0 Å². The molecule has 1 fully saturated rings. The van der Waals surface area contributed by atoms with Crippen molar-refractivity contribution in [1.29, 1.82) is 0 Å². The molecule has 1 aromatic rings. The topological polar surface area (TPSA) is 21.3 Å². The van der Waals surface area contributed by atoms with Gasteiger partial charge >= 0.3 is 0 Å². The summed E-state index contributed by atoms with van der Waals surface area (Å²) in [4.78, 5) is 0. The monoisotopic (exact) mass is 269 g/mol. The number of nitrogens with one attached hydrogen (secondary N) is 1. The molecule has 2 rings (SSSR count). The molecule has 0 amide bonds. The minimum absolute atomic E-state index is 0.111. The smallest absolute Gasteiger partial charge is 0.167 e. The number of benzene rings is 1. The van der Waals surface area contributed by atoms with Crippen LogP contribution in [0.25, 0.3) is 0 Å². The summed E-state index contributed by atoms with van der Waals surface area (Å²) in [6, 6.07) is 3.94. The first kappa shape index (κ1) is 14.3. The molecule has 0 radical (unpaired) electrons. The van der Waals surface area contributed by atoms with Crippen LogP contribution in [-0.4, -0.2) is 18.7 Å². The molecule has 0 spiro atoms. The van der Waals surface area contributed by atoms with E-state index in [2.05, 4.69) is 5.32 Å². The Morgan fingerprint density at radius 2 is 2.00 bits per heavy atom. The summed E-state index contributed by atoms with van der Waals surface area (Å²) in [6.45, 7) is 2.57. The molecule has 19 heavy (non-hydrogen) atoms. The van der Waals surface area contributed by atoms with Crippen molar-refractivity contribution in [3.8, 4) is 5.75 Å². The van der Waals surface area contributed by atoms with Crippen LogP contribution in [-0.2, 0) is 0 Å². The van der Waals surface area contributed by atoms with E-state index in [1.807, 2.05) is 6.92 Å². The number of halogens is 2. The van der Waals surface area contributed by atoms with Gasteiger partial charge in [-0.1, -0.05) is 19.3 Å². The van der Waals surface area contributed by atoms with Crippen molar-refractivity contribution in [3.05, 3.63) is 29.8 Å². The van der Waals surface area contributed by atoms with E-state index in [9.17, 15) is 8.78 Å². The molecule has 4 heteroatoms. The SMILES string of the molecule is CC(CNC1CCCCC1)Oc1ccc(F)cc1F. The molecule has 0 aromatic heterocycles. The summed E-state index contributed by atoms with van der Waals surface area (Å²) in [5.74, 6) is -1.12. The average Bonchev–Trinajstić information content (AvgIpc) is 2.41. The Labute approximate surface area is 113 Å². The lowest BCUT2D eigenvalue weighted by Crippen LogP contribution is -2.37. The normalized spacial score (nSPS) is 18.3. The molecule has 1 saturated carbocycles. The van der Waals surface area contributed by atoms with Gasteiger partial charge in [-0.3, -0.25) is 0 Å². The van der Waals surface area contributed by atoms with Gasteiger partial charge in [-0.15, -0.1) is 0 Å². The van der Waals surface area contributed by atoms with Crippen molar-refractivity contribution in [2.75, 3.05) is 6.54 Å². The second-order valence-corrected chi connectivity index (χ2v) is 5.25. The van der Waals surface area contributed by atoms with Gasteiger partial charge in [-0.05, 0) is 31.9 Å². The van der Waals surface area contributed by atoms with Crippen LogP contribution in [0, 0.1) is 11.6 Å². The van der Waals surface area contributed by atoms with E-state index in [4.69, 9.17) is 4.74 Å². The van der Waals surface area contributed by atoms with Gasteiger partial charge in [0.15, 0.2) is 11.6 Å². The van der Waals surface area contributed by atoms with Gasteiger partial charge in [0.05, 0.1) is 0 Å². The van der Waals surface area contributed by atoms with Gasteiger partial charge in [0.1, 0.15) is 11.9 Å². The van der Waals surface area contributed by atoms with Crippen molar-refractivity contribution in [1.82, 2.24) is 5.32 Å². The largest absolute Gasteiger partial charge is 0.486 e. The molecule has 1 atom stereocenters. The van der Waals surface area contributed by atoms with Crippen LogP contribution in [0.1, 0.15) is 39.0 Å². The summed E-state index contributed by atoms with van der Waals surface area (Å²) in [6.07, 6.45) is 6.15. The van der Waals surface area contributed by atoms with Crippen LogP contribution >= 0.6 is 0 Å². The number of hydrogen-bond donors (Lipinski definition) is 1. The van der Waals surface area contributed by atoms with Crippen LogP contribution < -0.4 is 10.1 Å². The van der Waals surface area contributed by atoms with E-state index < -0.39 is 11.6 Å². The summed E-state index contributed by atoms with van der Waals surface area (Å²) >= 11 is 0. The van der Waals surface area contributed by atoms with Gasteiger partial charge in [0.25, 0.3) is 0 Å². The van der Waals surface area contributed by atoms with E-state index in [0.717, 1.165) is 6.07 Å². The highest BCUT2D eigenvalue weighted by atomic mass is 19.1. The summed E-state index contributed by atoms with van der Waals surface area (Å²) in [5, 5.41) is 3.45. The maximum atomic E-state index is 13.4. The first-order valence-corrected chi connectivity index (χ1v) is 7.00. The van der Waals surface area contributed by atoms with Gasteiger partial charge in [0.2, 0.25) is 0 Å². The van der Waals surface area contributed by atoms with Crippen LogP contribution in [0.4, 0.5) is 8.78 Å². The van der Waals surface area contributed by atoms with E-state index in [0.29, 0.717) is 12.6 Å². The zero-order chi connectivity index (χ0) is 13.7. The van der Waals surface area contributed by atoms with Crippen molar-refractivity contribution in [2.45, 2.75) is 51.2 Å². The third-order valence-electron chi connectivity index (χ3n) is 3.52. The predicted octanol–water partition coefficient (Wildman–Crippen LogP) is 3.65. The minimum Gasteiger partial charge on any atom is -0.486 e. The molecule has 1 aliphatic rings. The molecule has 1 N–H and O–H groups in total. The average molecular weight is 269 g/mol. The quantitative estimate of drug-likeness (QED) is 0.881. The molecule has 1 aliphatic carbocycles. The van der Waals surface area contributed by atoms with Crippen LogP contribution in [0.5, 0.6) is 5.75 Å². The van der Waals surface area contributed by atoms with Gasteiger partial charge in [-0.25, -0.2) is 8.78 Å². The number of hydrogen-bond acceptors (Lipinski definition) is 2. The molecule has 1 aromatic carbocycles. The van der Waals surface area contributed by atoms with Crippen molar-refractivity contribution in [2.24, 2.45) is 0 Å². The van der Waals surface area contributed by atoms with Gasteiger partial charge < -0.3 is 10.1 Å². The first-order chi connectivity index (χ1) is 9.15. The molecule has 0 bridgehead atoms. The Hall–Kier alpha value is -1.16. The summed E-state index contributed by atoms with van der Waals surface area (Å²) in [5.41, 5.74) is 0. The Morgan fingerprint density at radius 3 is 2.68 bits per heavy atom. The molecule has 0 saturated heterocycles. The maximum Gasteiger partial charge on any atom is 0.167 e. The fraction of sp³-hybridized carbons (Fsp3) is 0.600. The molecule has 2 nitrogen and oxygen atoms in total. The minimum atomic E-state index is -0.649. The van der Waals surface area contributed by atoms with E-state index in [1.54, 1.807) is 0 Å². The predicted molar refractivity (Wildman–Crippen MR) is 71.3 cm³/mol. The zero-order valence-electron chi connectivity index (χ0n) is 11.3. The molecule has 0 aliphatic heterocycles. The molecular weight excluding hydrogens is 248 g/mol. The molecule has 1 unspecified atom stereocenters. The van der Waals surface area contributed by atoms with E-state index in [1.165, 1.54) is 44.2 Å². The highest BCUT2D eigenvalue weighted by Crippen LogP contribution is 2.20. The van der Waals surface area contributed by atoms with Gasteiger partial charge in [-0.2, -0.15) is 0 Å².